The van der Waals surface area contributed by atoms with Crippen LogP contribution in [0.3, 0.4) is 0 Å². The summed E-state index contributed by atoms with van der Waals surface area (Å²) in [7, 11) is 0. The minimum Gasteiger partial charge on any atom is -0.379 e. The van der Waals surface area contributed by atoms with Gasteiger partial charge >= 0.3 is 0 Å². The maximum absolute atomic E-state index is 13.4. The van der Waals surface area contributed by atoms with Crippen LogP contribution in [0, 0.1) is 17.0 Å². The fourth-order valence-electron chi connectivity index (χ4n) is 1.27. The van der Waals surface area contributed by atoms with Crippen LogP contribution in [0.15, 0.2) is 22.7 Å². The largest absolute Gasteiger partial charge is 0.379 e. The Labute approximate surface area is 105 Å². The maximum atomic E-state index is 13.4. The van der Waals surface area contributed by atoms with Gasteiger partial charge in [-0.05, 0) is 12.1 Å². The summed E-state index contributed by atoms with van der Waals surface area (Å²) in [5.41, 5.74) is 4.81. The molecule has 0 saturated heterocycles. The number of rotatable bonds is 3. The van der Waals surface area contributed by atoms with Crippen LogP contribution in [0.4, 0.5) is 8.78 Å². The Bertz CT molecular complexity index is 567. The second kappa shape index (κ2) is 5.13. The molecule has 2 rings (SSSR count). The van der Waals surface area contributed by atoms with Crippen LogP contribution in [0.1, 0.15) is 5.89 Å². The number of nitrogens with two attached hydrogens (primary N) is 1. The van der Waals surface area contributed by atoms with Gasteiger partial charge in [0.05, 0.1) is 11.3 Å². The van der Waals surface area contributed by atoms with Crippen LogP contribution in [0.5, 0.6) is 0 Å². The van der Waals surface area contributed by atoms with E-state index in [9.17, 15) is 8.78 Å². The average molecular weight is 270 g/mol. The van der Waals surface area contributed by atoms with Crippen molar-refractivity contribution in [1.82, 2.24) is 10.1 Å². The van der Waals surface area contributed by atoms with Crippen molar-refractivity contribution in [3.05, 3.63) is 35.7 Å². The number of aromatic nitrogens is 2. The predicted molar refractivity (Wildman–Crippen MR) is 62.9 cm³/mol. The van der Waals surface area contributed by atoms with Gasteiger partial charge in [-0.2, -0.15) is 4.98 Å². The van der Waals surface area contributed by atoms with Crippen molar-refractivity contribution in [2.24, 2.45) is 5.73 Å². The van der Waals surface area contributed by atoms with Crippen LogP contribution >= 0.6 is 11.8 Å². The normalized spacial score (nSPS) is 10.6. The van der Waals surface area contributed by atoms with E-state index in [0.717, 1.165) is 23.9 Å². The summed E-state index contributed by atoms with van der Waals surface area (Å²) in [6.07, 6.45) is 0. The number of nitrogens with one attached hydrogen (secondary N) is 1. The monoisotopic (exact) mass is 270 g/mol. The number of hydrogen-bond acceptors (Lipinski definition) is 5. The van der Waals surface area contributed by atoms with Gasteiger partial charge in [0, 0.05) is 0 Å². The summed E-state index contributed by atoms with van der Waals surface area (Å²) in [4.78, 5) is 3.84. The molecule has 0 spiro atoms. The highest BCUT2D eigenvalue weighted by molar-refractivity contribution is 8.12. The van der Waals surface area contributed by atoms with Gasteiger partial charge in [0.15, 0.2) is 5.17 Å². The standard InChI is InChI=1S/C10H8F2N4OS/c11-5-2-1-3-6(12)8(5)9-15-7(17-16-9)4-18-10(13)14/h1-3H,4H2,(H3,13,14). The van der Waals surface area contributed by atoms with E-state index in [0.29, 0.717) is 0 Å². The molecule has 0 aliphatic rings. The number of thioether (sulfide) groups is 1. The molecule has 1 aromatic heterocycles. The molecule has 0 fully saturated rings. The third-order valence-corrected chi connectivity index (χ3v) is 2.71. The van der Waals surface area contributed by atoms with Crippen molar-refractivity contribution in [2.45, 2.75) is 5.75 Å². The first kappa shape index (κ1) is 12.5. The van der Waals surface area contributed by atoms with E-state index in [2.05, 4.69) is 10.1 Å². The molecule has 1 heterocycles. The van der Waals surface area contributed by atoms with E-state index >= 15 is 0 Å². The zero-order chi connectivity index (χ0) is 13.1. The van der Waals surface area contributed by atoms with E-state index in [-0.39, 0.29) is 28.2 Å². The predicted octanol–water partition coefficient (Wildman–Crippen LogP) is 2.14. The lowest BCUT2D eigenvalue weighted by molar-refractivity contribution is 0.391. The number of hydrogen-bond donors (Lipinski definition) is 2. The van der Waals surface area contributed by atoms with Crippen LogP contribution in [-0.2, 0) is 5.75 Å². The van der Waals surface area contributed by atoms with E-state index < -0.39 is 11.6 Å². The number of nitrogens with zero attached hydrogens (tertiary/aromatic N) is 2. The summed E-state index contributed by atoms with van der Waals surface area (Å²) in [5.74, 6) is -1.36. The highest BCUT2D eigenvalue weighted by atomic mass is 32.2. The fraction of sp³-hybridized carbons (Fsp3) is 0.100. The summed E-state index contributed by atoms with van der Waals surface area (Å²) in [6.45, 7) is 0. The van der Waals surface area contributed by atoms with E-state index in [1.165, 1.54) is 6.07 Å². The van der Waals surface area contributed by atoms with Gasteiger partial charge in [-0.3, -0.25) is 5.41 Å². The molecule has 0 radical (unpaired) electrons. The number of amidine groups is 1. The highest BCUT2D eigenvalue weighted by Crippen LogP contribution is 2.23. The summed E-state index contributed by atoms with van der Waals surface area (Å²) < 4.78 is 31.7. The lowest BCUT2D eigenvalue weighted by atomic mass is 10.2. The highest BCUT2D eigenvalue weighted by Gasteiger charge is 2.17. The summed E-state index contributed by atoms with van der Waals surface area (Å²) in [6, 6.07) is 3.47. The summed E-state index contributed by atoms with van der Waals surface area (Å²) in [5, 5.41) is 10.4. The van der Waals surface area contributed by atoms with Crippen molar-refractivity contribution in [2.75, 3.05) is 0 Å². The van der Waals surface area contributed by atoms with Gasteiger partial charge in [0.25, 0.3) is 0 Å². The number of benzene rings is 1. The second-order valence-electron chi connectivity index (χ2n) is 3.26. The minimum absolute atomic E-state index is 0.105. The molecule has 0 unspecified atom stereocenters. The minimum atomic E-state index is -0.762. The number of halogens is 2. The summed E-state index contributed by atoms with van der Waals surface area (Å²) >= 11 is 0.979. The molecular weight excluding hydrogens is 262 g/mol. The topological polar surface area (TPSA) is 88.8 Å². The van der Waals surface area contributed by atoms with E-state index in [1.807, 2.05) is 0 Å². The van der Waals surface area contributed by atoms with Crippen molar-refractivity contribution >= 4 is 16.9 Å². The SMILES string of the molecule is N=C(N)SCc1nc(-c2c(F)cccc2F)no1. The van der Waals surface area contributed by atoms with Crippen molar-refractivity contribution in [3.63, 3.8) is 0 Å². The molecule has 5 nitrogen and oxygen atoms in total. The molecule has 1 aromatic carbocycles. The molecular formula is C10H8F2N4OS. The Kier molecular flexibility index (Phi) is 3.56. The van der Waals surface area contributed by atoms with Crippen LogP contribution < -0.4 is 5.73 Å². The van der Waals surface area contributed by atoms with Gasteiger partial charge < -0.3 is 10.3 Å². The van der Waals surface area contributed by atoms with Gasteiger partial charge in [-0.15, -0.1) is 0 Å². The third kappa shape index (κ3) is 2.65. The molecule has 94 valence electrons. The van der Waals surface area contributed by atoms with Crippen molar-refractivity contribution in [3.8, 4) is 11.4 Å². The van der Waals surface area contributed by atoms with Crippen molar-refractivity contribution < 1.29 is 13.3 Å². The average Bonchev–Trinajstić information content (AvgIpc) is 2.75. The van der Waals surface area contributed by atoms with E-state index in [4.69, 9.17) is 15.7 Å². The van der Waals surface area contributed by atoms with Gasteiger partial charge in [-0.1, -0.05) is 23.0 Å². The Hall–Kier alpha value is -1.96. The Morgan fingerprint density at radius 2 is 2.06 bits per heavy atom. The van der Waals surface area contributed by atoms with Crippen LogP contribution in [-0.4, -0.2) is 15.3 Å². The lowest BCUT2D eigenvalue weighted by Gasteiger charge is -1.97. The molecule has 8 heteroatoms. The van der Waals surface area contributed by atoms with Gasteiger partial charge in [0.1, 0.15) is 11.6 Å². The maximum Gasteiger partial charge on any atom is 0.237 e. The third-order valence-electron chi connectivity index (χ3n) is 2.01. The van der Waals surface area contributed by atoms with Gasteiger partial charge in [0.2, 0.25) is 11.7 Å². The Morgan fingerprint density at radius 3 is 2.67 bits per heavy atom. The molecule has 0 bridgehead atoms. The Morgan fingerprint density at radius 1 is 1.39 bits per heavy atom. The first-order chi connectivity index (χ1) is 8.58. The Balaban J connectivity index is 2.27. The molecule has 2 aromatic rings. The van der Waals surface area contributed by atoms with Crippen molar-refractivity contribution in [1.29, 1.82) is 5.41 Å². The molecule has 18 heavy (non-hydrogen) atoms. The molecule has 0 saturated carbocycles. The zero-order valence-electron chi connectivity index (χ0n) is 8.98. The van der Waals surface area contributed by atoms with E-state index in [1.54, 1.807) is 0 Å². The lowest BCUT2D eigenvalue weighted by Crippen LogP contribution is -2.03. The smallest absolute Gasteiger partial charge is 0.237 e. The van der Waals surface area contributed by atoms with Gasteiger partial charge in [-0.25, -0.2) is 8.78 Å². The van der Waals surface area contributed by atoms with Crippen LogP contribution in [0.2, 0.25) is 0 Å². The second-order valence-corrected chi connectivity index (χ2v) is 4.28. The molecule has 0 amide bonds. The quantitative estimate of drug-likeness (QED) is 0.659. The molecule has 3 N–H and O–H groups in total. The molecule has 0 aliphatic carbocycles. The molecule has 0 atom stereocenters. The first-order valence-electron chi connectivity index (χ1n) is 4.81. The van der Waals surface area contributed by atoms with Crippen LogP contribution in [0.25, 0.3) is 11.4 Å². The zero-order valence-corrected chi connectivity index (χ0v) is 9.80. The first-order valence-corrected chi connectivity index (χ1v) is 5.80. The molecule has 0 aliphatic heterocycles. The fourth-order valence-corrected chi connectivity index (χ4v) is 1.66.